The maximum atomic E-state index is 11.7. The topological polar surface area (TPSA) is 83.0 Å². The Morgan fingerprint density at radius 2 is 2.25 bits per heavy atom. The van der Waals surface area contributed by atoms with Gasteiger partial charge in [-0.05, 0) is 19.8 Å². The third-order valence-corrected chi connectivity index (χ3v) is 2.99. The van der Waals surface area contributed by atoms with Crippen LogP contribution in [0.1, 0.15) is 42.3 Å². The largest absolute Gasteiger partial charge is 0.481 e. The molecule has 5 nitrogen and oxygen atoms in total. The SMILES string of the molecule is Cc1nc(C2CCC2)c(CC(=O)O)c(=O)[nH]1. The van der Waals surface area contributed by atoms with Crippen LogP contribution in [0, 0.1) is 6.92 Å². The van der Waals surface area contributed by atoms with Crippen molar-refractivity contribution >= 4 is 5.97 Å². The van der Waals surface area contributed by atoms with E-state index in [1.165, 1.54) is 0 Å². The van der Waals surface area contributed by atoms with Crippen molar-refractivity contribution in [1.29, 1.82) is 0 Å². The number of aryl methyl sites for hydroxylation is 1. The third kappa shape index (κ3) is 1.98. The predicted molar refractivity (Wildman–Crippen MR) is 57.5 cm³/mol. The summed E-state index contributed by atoms with van der Waals surface area (Å²) in [5, 5.41) is 8.78. The second-order valence-corrected chi connectivity index (χ2v) is 4.21. The number of aromatic nitrogens is 2. The predicted octanol–water partition coefficient (Wildman–Crippen LogP) is 0.973. The van der Waals surface area contributed by atoms with Crippen molar-refractivity contribution in [3.63, 3.8) is 0 Å². The molecule has 0 saturated heterocycles. The first-order valence-corrected chi connectivity index (χ1v) is 5.39. The molecule has 1 aromatic rings. The van der Waals surface area contributed by atoms with Crippen LogP contribution >= 0.6 is 0 Å². The Hall–Kier alpha value is -1.65. The van der Waals surface area contributed by atoms with E-state index in [2.05, 4.69) is 9.97 Å². The van der Waals surface area contributed by atoms with Gasteiger partial charge >= 0.3 is 5.97 Å². The smallest absolute Gasteiger partial charge is 0.308 e. The minimum Gasteiger partial charge on any atom is -0.481 e. The zero-order valence-corrected chi connectivity index (χ0v) is 9.12. The number of nitrogens with zero attached hydrogens (tertiary/aromatic N) is 1. The summed E-state index contributed by atoms with van der Waals surface area (Å²) in [7, 11) is 0. The lowest BCUT2D eigenvalue weighted by Gasteiger charge is -2.26. The zero-order valence-electron chi connectivity index (χ0n) is 9.12. The van der Waals surface area contributed by atoms with Gasteiger partial charge in [-0.1, -0.05) is 6.42 Å². The Labute approximate surface area is 92.5 Å². The normalized spacial score (nSPS) is 15.8. The van der Waals surface area contributed by atoms with Crippen molar-refractivity contribution in [3.8, 4) is 0 Å². The van der Waals surface area contributed by atoms with E-state index in [4.69, 9.17) is 5.11 Å². The highest BCUT2D eigenvalue weighted by Crippen LogP contribution is 2.36. The first-order valence-electron chi connectivity index (χ1n) is 5.39. The Morgan fingerprint density at radius 3 is 2.75 bits per heavy atom. The molecule has 1 aliphatic carbocycles. The Kier molecular flexibility index (Phi) is 2.77. The highest BCUT2D eigenvalue weighted by atomic mass is 16.4. The van der Waals surface area contributed by atoms with E-state index in [1.807, 2.05) is 0 Å². The number of rotatable bonds is 3. The minimum atomic E-state index is -0.989. The lowest BCUT2D eigenvalue weighted by molar-refractivity contribution is -0.136. The van der Waals surface area contributed by atoms with Gasteiger partial charge in [0.15, 0.2) is 0 Å². The number of carbonyl (C=O) groups is 1. The molecule has 0 spiro atoms. The molecular formula is C11H14N2O3. The standard InChI is InChI=1S/C11H14N2O3/c1-6-12-10(7-3-2-4-7)8(5-9(14)15)11(16)13-6/h7H,2-5H2,1H3,(H,14,15)(H,12,13,16). The number of hydrogen-bond donors (Lipinski definition) is 2. The molecule has 1 heterocycles. The van der Waals surface area contributed by atoms with Crippen molar-refractivity contribution in [2.45, 2.75) is 38.5 Å². The lowest BCUT2D eigenvalue weighted by Crippen LogP contribution is -2.25. The molecule has 1 aromatic heterocycles. The van der Waals surface area contributed by atoms with Gasteiger partial charge < -0.3 is 10.1 Å². The van der Waals surface area contributed by atoms with Crippen LogP contribution in [0.3, 0.4) is 0 Å². The quantitative estimate of drug-likeness (QED) is 0.798. The van der Waals surface area contributed by atoms with Crippen molar-refractivity contribution in [1.82, 2.24) is 9.97 Å². The van der Waals surface area contributed by atoms with Crippen molar-refractivity contribution < 1.29 is 9.90 Å². The van der Waals surface area contributed by atoms with Gasteiger partial charge in [0.1, 0.15) is 5.82 Å². The molecule has 1 fully saturated rings. The van der Waals surface area contributed by atoms with Crippen LogP contribution in [0.25, 0.3) is 0 Å². The molecule has 1 saturated carbocycles. The van der Waals surface area contributed by atoms with E-state index in [-0.39, 0.29) is 17.9 Å². The minimum absolute atomic E-state index is 0.242. The van der Waals surface area contributed by atoms with Crippen molar-refractivity contribution in [2.75, 3.05) is 0 Å². The van der Waals surface area contributed by atoms with Gasteiger partial charge in [-0.3, -0.25) is 9.59 Å². The summed E-state index contributed by atoms with van der Waals surface area (Å²) in [6.45, 7) is 1.72. The van der Waals surface area contributed by atoms with E-state index in [1.54, 1.807) is 6.92 Å². The molecule has 86 valence electrons. The van der Waals surface area contributed by atoms with Crippen LogP contribution in [0.5, 0.6) is 0 Å². The molecule has 1 aliphatic rings. The molecule has 0 unspecified atom stereocenters. The first-order chi connectivity index (χ1) is 7.58. The molecule has 2 N–H and O–H groups in total. The molecule has 0 aromatic carbocycles. The first kappa shape index (κ1) is 10.9. The monoisotopic (exact) mass is 222 g/mol. The van der Waals surface area contributed by atoms with Gasteiger partial charge in [-0.15, -0.1) is 0 Å². The zero-order chi connectivity index (χ0) is 11.7. The molecular weight excluding hydrogens is 208 g/mol. The average molecular weight is 222 g/mol. The van der Waals surface area contributed by atoms with Crippen molar-refractivity contribution in [2.24, 2.45) is 0 Å². The molecule has 5 heteroatoms. The molecule has 2 rings (SSSR count). The van der Waals surface area contributed by atoms with Crippen LogP contribution in [-0.4, -0.2) is 21.0 Å². The molecule has 0 bridgehead atoms. The number of H-pyrrole nitrogens is 1. The van der Waals surface area contributed by atoms with E-state index in [9.17, 15) is 9.59 Å². The Morgan fingerprint density at radius 1 is 1.56 bits per heavy atom. The molecule has 16 heavy (non-hydrogen) atoms. The third-order valence-electron chi connectivity index (χ3n) is 2.99. The molecule has 0 amide bonds. The van der Waals surface area contributed by atoms with Gasteiger partial charge in [-0.25, -0.2) is 4.98 Å². The van der Waals surface area contributed by atoms with Gasteiger partial charge in [0.25, 0.3) is 5.56 Å². The van der Waals surface area contributed by atoms with Crippen LogP contribution in [-0.2, 0) is 11.2 Å². The van der Waals surface area contributed by atoms with Crippen molar-refractivity contribution in [3.05, 3.63) is 27.4 Å². The summed E-state index contributed by atoms with van der Waals surface area (Å²) in [6.07, 6.45) is 2.89. The van der Waals surface area contributed by atoms with E-state index in [0.29, 0.717) is 17.1 Å². The average Bonchev–Trinajstić information content (AvgIpc) is 2.07. The van der Waals surface area contributed by atoms with Crippen LogP contribution in [0.4, 0.5) is 0 Å². The molecule has 0 radical (unpaired) electrons. The molecule has 0 aliphatic heterocycles. The van der Waals surface area contributed by atoms with E-state index in [0.717, 1.165) is 19.3 Å². The van der Waals surface area contributed by atoms with Crippen LogP contribution in [0.2, 0.25) is 0 Å². The number of hydrogen-bond acceptors (Lipinski definition) is 3. The second kappa shape index (κ2) is 4.08. The van der Waals surface area contributed by atoms with Gasteiger partial charge in [0.05, 0.1) is 17.7 Å². The fourth-order valence-corrected chi connectivity index (χ4v) is 1.97. The highest BCUT2D eigenvalue weighted by Gasteiger charge is 2.26. The maximum Gasteiger partial charge on any atom is 0.308 e. The number of aliphatic carboxylic acids is 1. The van der Waals surface area contributed by atoms with Gasteiger partial charge in [-0.2, -0.15) is 0 Å². The lowest BCUT2D eigenvalue weighted by atomic mass is 9.81. The van der Waals surface area contributed by atoms with Crippen LogP contribution < -0.4 is 5.56 Å². The number of aromatic amines is 1. The maximum absolute atomic E-state index is 11.7. The summed E-state index contributed by atoms with van der Waals surface area (Å²) < 4.78 is 0. The van der Waals surface area contributed by atoms with Crippen LogP contribution in [0.15, 0.2) is 4.79 Å². The summed E-state index contributed by atoms with van der Waals surface area (Å²) in [6, 6.07) is 0. The summed E-state index contributed by atoms with van der Waals surface area (Å²) in [5.41, 5.74) is 0.703. The number of carboxylic acids is 1. The number of nitrogens with one attached hydrogen (secondary N) is 1. The fraction of sp³-hybridized carbons (Fsp3) is 0.545. The second-order valence-electron chi connectivity index (χ2n) is 4.21. The fourth-order valence-electron chi connectivity index (χ4n) is 1.97. The van der Waals surface area contributed by atoms with Gasteiger partial charge in [0.2, 0.25) is 0 Å². The summed E-state index contributed by atoms with van der Waals surface area (Å²) in [4.78, 5) is 29.2. The Bertz CT molecular complexity index is 475. The molecule has 0 atom stereocenters. The van der Waals surface area contributed by atoms with E-state index >= 15 is 0 Å². The Balaban J connectivity index is 2.46. The summed E-state index contributed by atoms with van der Waals surface area (Å²) >= 11 is 0. The summed E-state index contributed by atoms with van der Waals surface area (Å²) in [5.74, 6) is -0.159. The van der Waals surface area contributed by atoms with Gasteiger partial charge in [0, 0.05) is 5.92 Å². The number of carboxylic acid groups (broad SMARTS) is 1. The highest BCUT2D eigenvalue weighted by molar-refractivity contribution is 5.70. The van der Waals surface area contributed by atoms with E-state index < -0.39 is 5.97 Å².